The Bertz CT molecular complexity index is 2950. The molecule has 7 heterocycles. The van der Waals surface area contributed by atoms with Gasteiger partial charge in [0, 0.05) is 0 Å². The number of ether oxygens (including phenoxy) is 14. The maximum absolute atomic E-state index is 15.4. The maximum Gasteiger partial charge on any atom is 0.315 e. The third-order valence-electron chi connectivity index (χ3n) is 26.9. The Hall–Kier alpha value is -2.07. The molecule has 7 aliphatic heterocycles. The molecule has 4 saturated carbocycles. The van der Waals surface area contributed by atoms with Crippen LogP contribution in [0.25, 0.3) is 0 Å². The number of hydrogen-bond donors (Lipinski definition) is 19. The van der Waals surface area contributed by atoms with Crippen LogP contribution < -0.4 is 0 Å². The molecular weight excluding hydrogens is 1380 g/mol. The molecule has 11 fully saturated rings. The van der Waals surface area contributed by atoms with Crippen LogP contribution in [0.5, 0.6) is 0 Å². The first kappa shape index (κ1) is 81.4. The van der Waals surface area contributed by atoms with E-state index in [-0.39, 0.29) is 40.6 Å². The molecule has 12 rings (SSSR count). The highest BCUT2D eigenvalue weighted by Gasteiger charge is 2.71. The van der Waals surface area contributed by atoms with Crippen LogP contribution in [0.4, 0.5) is 0 Å². The maximum atomic E-state index is 15.4. The SMILES string of the molecule is C[C@@H]1O[C@@H](O[C@H]2[C@H](O)[C@@H](O)[C@H](OC[C@H]3O[C@@H](OC(=O)[C@]45CCC(C)(C)C[C@H]4C4=CCC6[C@@]7(C)CC[C@H](O[C@@H]8OC[C@@H](O)[C@H](O)[C@H]8O[C@@H]8O[C@@H](C)[C@H](O)[C@@H](O[C@@H]9OC[C@@H](O[C@@H]%10O[C@H](CO)[C@@H](O)[C@H](O)[C@H]%10O)[C@@H](O)[C@H]9O)[C@H]8O)C(C)(C)C7CC[C@@]6(C)[C@]4(C)CC5)[C@H](O)[C@@H](O)[C@@H]3O)O[C@@H]2CO)[C@H](O)[C@H](O)[C@H]1O. The van der Waals surface area contributed by atoms with Crippen molar-refractivity contribution >= 4 is 5.97 Å². The Morgan fingerprint density at radius 2 is 1.01 bits per heavy atom. The van der Waals surface area contributed by atoms with Crippen LogP contribution in [0, 0.1) is 50.2 Å². The molecular formula is C70H114O34. The minimum absolute atomic E-state index is 0.0702. The molecule has 0 spiro atoms. The van der Waals surface area contributed by atoms with Crippen LogP contribution in [0.15, 0.2) is 11.6 Å². The molecule has 598 valence electrons. The van der Waals surface area contributed by atoms with E-state index in [0.717, 1.165) is 19.3 Å². The lowest BCUT2D eigenvalue weighted by molar-refractivity contribution is -0.382. The predicted molar refractivity (Wildman–Crippen MR) is 346 cm³/mol. The minimum atomic E-state index is -1.92. The van der Waals surface area contributed by atoms with Crippen LogP contribution in [0.2, 0.25) is 0 Å². The third kappa shape index (κ3) is 14.3. The highest BCUT2D eigenvalue weighted by Crippen LogP contribution is 2.76. The first-order chi connectivity index (χ1) is 48.8. The molecule has 0 amide bonds. The Balaban J connectivity index is 0.696. The zero-order chi connectivity index (χ0) is 75.7. The standard InChI is InChI=1S/C70H114O34/c1-26-38(74)44(80)49(85)59(94-26)101-54-32(22-72)97-57(52(88)47(54)83)92-24-33-42(78)46(82)51(87)61(99-33)104-64(90)70-18-16-65(3,4)20-29(70)28-10-11-36-67(7)14-13-37(66(5,6)35(67)12-15-69(36,9)68(28,8)17-19-70)100-63-56(40(76)30(73)23-91-63)103-62-53(89)55(39(75)27(2)95-62)102-58-48(84)43(79)34(25-93-58)98-60-50(86)45(81)41(77)31(21-71)96-60/h10,26-27,29-63,71-89H,11-25H2,1-9H3/t26-,27-,29-,30+,31+,32+,33+,34+,35?,36?,37-,38-,39-,40-,41+,42+,43+,44+,45-,46-,47+,48+,49+,50+,51+,52+,53+,54+,55+,56+,57+,58-,59-,60-,61-,62-,63-,67-,68+,69+,70-/m0/s1. The highest BCUT2D eigenvalue weighted by atomic mass is 16.8. The summed E-state index contributed by atoms with van der Waals surface area (Å²) >= 11 is 0. The number of carbonyl (C=O) groups excluding carboxylic acids is 1. The molecule has 12 aliphatic rings. The van der Waals surface area contributed by atoms with Gasteiger partial charge in [0.25, 0.3) is 0 Å². The molecule has 7 saturated heterocycles. The monoisotopic (exact) mass is 1500 g/mol. The smallest absolute Gasteiger partial charge is 0.315 e. The molecule has 2 unspecified atom stereocenters. The summed E-state index contributed by atoms with van der Waals surface area (Å²) < 4.78 is 83.2. The van der Waals surface area contributed by atoms with Crippen LogP contribution in [-0.4, -0.2) is 345 Å². The van der Waals surface area contributed by atoms with Gasteiger partial charge in [0.1, 0.15) is 146 Å². The normalized spacial score (nSPS) is 54.7. The van der Waals surface area contributed by atoms with Gasteiger partial charge >= 0.3 is 5.97 Å². The number of carbonyl (C=O) groups is 1. The summed E-state index contributed by atoms with van der Waals surface area (Å²) in [5, 5.41) is 207. The van der Waals surface area contributed by atoms with E-state index in [2.05, 4.69) is 54.5 Å². The van der Waals surface area contributed by atoms with Crippen molar-refractivity contribution in [1.82, 2.24) is 0 Å². The summed E-state index contributed by atoms with van der Waals surface area (Å²) in [5.41, 5.74) is -1.63. The van der Waals surface area contributed by atoms with E-state index in [1.165, 1.54) is 19.4 Å². The number of aliphatic hydroxyl groups excluding tert-OH is 19. The Morgan fingerprint density at radius 3 is 1.68 bits per heavy atom. The van der Waals surface area contributed by atoms with Crippen molar-refractivity contribution in [3.8, 4) is 0 Å². The van der Waals surface area contributed by atoms with E-state index in [1.807, 2.05) is 0 Å². The van der Waals surface area contributed by atoms with E-state index in [9.17, 15) is 97.0 Å². The van der Waals surface area contributed by atoms with Gasteiger partial charge in [0.2, 0.25) is 6.29 Å². The molecule has 104 heavy (non-hydrogen) atoms. The number of allylic oxidation sites excluding steroid dienone is 2. The topological polar surface area (TPSA) is 531 Å². The van der Waals surface area contributed by atoms with E-state index >= 15 is 4.79 Å². The van der Waals surface area contributed by atoms with Crippen LogP contribution in [0.1, 0.15) is 127 Å². The fourth-order valence-electron chi connectivity index (χ4n) is 20.2. The van der Waals surface area contributed by atoms with Crippen molar-refractivity contribution in [3.05, 3.63) is 11.6 Å². The van der Waals surface area contributed by atoms with Gasteiger partial charge in [0.05, 0.1) is 56.8 Å². The summed E-state index contributed by atoms with van der Waals surface area (Å²) in [6.45, 7) is 15.6. The van der Waals surface area contributed by atoms with Gasteiger partial charge in [-0.3, -0.25) is 4.79 Å². The summed E-state index contributed by atoms with van der Waals surface area (Å²) in [5.74, 6) is -0.720. The van der Waals surface area contributed by atoms with E-state index in [1.54, 1.807) is 0 Å². The van der Waals surface area contributed by atoms with Gasteiger partial charge in [-0.25, -0.2) is 0 Å². The summed E-state index contributed by atoms with van der Waals surface area (Å²) in [6.07, 6.45) is -45.9. The fourth-order valence-corrected chi connectivity index (χ4v) is 20.2. The lowest BCUT2D eigenvalue weighted by Gasteiger charge is -2.71. The second kappa shape index (κ2) is 30.8. The third-order valence-corrected chi connectivity index (χ3v) is 26.9. The van der Waals surface area contributed by atoms with Gasteiger partial charge in [-0.2, -0.15) is 0 Å². The predicted octanol–water partition coefficient (Wildman–Crippen LogP) is -5.23. The molecule has 0 aromatic rings. The van der Waals surface area contributed by atoms with Gasteiger partial charge in [0.15, 0.2) is 37.7 Å². The van der Waals surface area contributed by atoms with Gasteiger partial charge in [-0.05, 0) is 123 Å². The van der Waals surface area contributed by atoms with Crippen LogP contribution in [-0.2, 0) is 71.1 Å². The average molecular weight is 1500 g/mol. The molecule has 0 bridgehead atoms. The number of aliphatic hydroxyl groups is 19. The van der Waals surface area contributed by atoms with E-state index in [0.29, 0.717) is 44.9 Å². The quantitative estimate of drug-likeness (QED) is 0.0368. The molecule has 41 atom stereocenters. The average Bonchev–Trinajstić information content (AvgIpc) is 0.675. The lowest BCUT2D eigenvalue weighted by atomic mass is 9.33. The van der Waals surface area contributed by atoms with Crippen molar-refractivity contribution < 1.29 is 168 Å². The van der Waals surface area contributed by atoms with E-state index < -0.39 is 257 Å². The Kier molecular flexibility index (Phi) is 24.1. The van der Waals surface area contributed by atoms with Crippen molar-refractivity contribution in [3.63, 3.8) is 0 Å². The molecule has 34 heteroatoms. The zero-order valence-corrected chi connectivity index (χ0v) is 60.2. The summed E-state index contributed by atoms with van der Waals surface area (Å²) in [4.78, 5) is 15.4. The minimum Gasteiger partial charge on any atom is -0.432 e. The largest absolute Gasteiger partial charge is 0.432 e. The second-order valence-electron chi connectivity index (χ2n) is 33.8. The Labute approximate surface area is 602 Å². The number of esters is 1. The highest BCUT2D eigenvalue weighted by molar-refractivity contribution is 5.79. The van der Waals surface area contributed by atoms with Crippen LogP contribution >= 0.6 is 0 Å². The second-order valence-corrected chi connectivity index (χ2v) is 33.8. The van der Waals surface area contributed by atoms with Gasteiger partial charge in [-0.1, -0.05) is 60.1 Å². The molecule has 34 nitrogen and oxygen atoms in total. The molecule has 0 radical (unpaired) electrons. The summed E-state index contributed by atoms with van der Waals surface area (Å²) in [6, 6.07) is 0. The first-order valence-corrected chi connectivity index (χ1v) is 36.9. The molecule has 0 aromatic carbocycles. The Morgan fingerprint density at radius 1 is 0.462 bits per heavy atom. The number of hydrogen-bond acceptors (Lipinski definition) is 34. The summed E-state index contributed by atoms with van der Waals surface area (Å²) in [7, 11) is 0. The first-order valence-electron chi connectivity index (χ1n) is 36.9. The van der Waals surface area contributed by atoms with Crippen molar-refractivity contribution in [2.45, 2.75) is 335 Å². The van der Waals surface area contributed by atoms with Gasteiger partial charge < -0.3 is 163 Å². The molecule has 5 aliphatic carbocycles. The van der Waals surface area contributed by atoms with Crippen molar-refractivity contribution in [2.75, 3.05) is 33.0 Å². The van der Waals surface area contributed by atoms with E-state index in [4.69, 9.17) is 66.3 Å². The lowest BCUT2D eigenvalue weighted by Crippen LogP contribution is -2.66. The number of fused-ring (bicyclic) bond motifs is 7. The fraction of sp³-hybridized carbons (Fsp3) is 0.957. The van der Waals surface area contributed by atoms with Crippen LogP contribution in [0.3, 0.4) is 0 Å². The van der Waals surface area contributed by atoms with Crippen molar-refractivity contribution in [1.29, 1.82) is 0 Å². The van der Waals surface area contributed by atoms with Crippen molar-refractivity contribution in [2.24, 2.45) is 50.2 Å². The molecule has 0 aromatic heterocycles. The zero-order valence-electron chi connectivity index (χ0n) is 60.2. The number of rotatable bonds is 17. The molecule has 19 N–H and O–H groups in total. The van der Waals surface area contributed by atoms with Gasteiger partial charge in [-0.15, -0.1) is 0 Å².